The Kier molecular flexibility index (Phi) is 7.97. The Labute approximate surface area is 180 Å². The minimum atomic E-state index is -1.31. The van der Waals surface area contributed by atoms with Gasteiger partial charge in [-0.3, -0.25) is 9.63 Å². The minimum Gasteiger partial charge on any atom is -0.469 e. The first-order chi connectivity index (χ1) is 15.0. The zero-order chi connectivity index (χ0) is 22.4. The van der Waals surface area contributed by atoms with Crippen LogP contribution in [0.2, 0.25) is 0 Å². The van der Waals surface area contributed by atoms with Crippen LogP contribution in [0.5, 0.6) is 0 Å². The highest BCUT2D eigenvalue weighted by molar-refractivity contribution is 5.89. The molecule has 31 heavy (non-hydrogen) atoms. The van der Waals surface area contributed by atoms with Crippen LogP contribution < -0.4 is 0 Å². The molecule has 0 amide bonds. The van der Waals surface area contributed by atoms with E-state index in [0.717, 1.165) is 18.1 Å². The van der Waals surface area contributed by atoms with Gasteiger partial charge < -0.3 is 18.9 Å². The first kappa shape index (κ1) is 23.1. The number of esters is 3. The lowest BCUT2D eigenvalue weighted by Crippen LogP contribution is -2.54. The van der Waals surface area contributed by atoms with Gasteiger partial charge >= 0.3 is 17.9 Å². The lowest BCUT2D eigenvalue weighted by Gasteiger charge is -2.38. The van der Waals surface area contributed by atoms with E-state index in [9.17, 15) is 14.4 Å². The number of unbranched alkanes of at least 4 members (excludes halogenated alkanes) is 1. The van der Waals surface area contributed by atoms with Crippen LogP contribution in [0.4, 0.5) is 0 Å². The number of carbonyl (C=O) groups excluding carboxylic acids is 3. The second-order valence-electron chi connectivity index (χ2n) is 7.18. The largest absolute Gasteiger partial charge is 0.469 e. The van der Waals surface area contributed by atoms with Crippen molar-refractivity contribution >= 4 is 17.9 Å². The number of benzene rings is 1. The molecule has 1 aromatic carbocycles. The molecule has 0 saturated carbocycles. The van der Waals surface area contributed by atoms with E-state index in [4.69, 9.17) is 28.6 Å². The van der Waals surface area contributed by atoms with E-state index >= 15 is 0 Å². The lowest BCUT2D eigenvalue weighted by molar-refractivity contribution is -0.443. The van der Waals surface area contributed by atoms with Crippen LogP contribution in [0.15, 0.2) is 30.3 Å². The average molecular weight is 437 g/mol. The SMILES string of the molecule is CCCCO[C@H]1C[C@@H](OC(=O)c2ccccc2)[C@@H]2[C@H](C(=O)OC)[C@@H](C(=O)OC)ON2O1. The second-order valence-corrected chi connectivity index (χ2v) is 7.18. The quantitative estimate of drug-likeness (QED) is 0.338. The third kappa shape index (κ3) is 5.21. The summed E-state index contributed by atoms with van der Waals surface area (Å²) in [6, 6.07) is 7.53. The first-order valence-electron chi connectivity index (χ1n) is 10.2. The predicted octanol–water partition coefficient (Wildman–Crippen LogP) is 1.64. The van der Waals surface area contributed by atoms with Crippen LogP contribution in [0.3, 0.4) is 0 Å². The zero-order valence-corrected chi connectivity index (χ0v) is 17.7. The fraction of sp³-hybridized carbons (Fsp3) is 0.571. The highest BCUT2D eigenvalue weighted by atomic mass is 17.0. The summed E-state index contributed by atoms with van der Waals surface area (Å²) >= 11 is 0. The van der Waals surface area contributed by atoms with E-state index in [-0.39, 0.29) is 6.42 Å². The lowest BCUT2D eigenvalue weighted by atomic mass is 9.89. The van der Waals surface area contributed by atoms with Gasteiger partial charge in [-0.05, 0) is 18.6 Å². The zero-order valence-electron chi connectivity index (χ0n) is 17.7. The van der Waals surface area contributed by atoms with Gasteiger partial charge in [0.15, 0.2) is 12.4 Å². The van der Waals surface area contributed by atoms with Crippen molar-refractivity contribution in [2.45, 2.75) is 50.7 Å². The number of hydrogen-bond donors (Lipinski definition) is 0. The molecule has 10 nitrogen and oxygen atoms in total. The number of hydroxylamine groups is 2. The highest BCUT2D eigenvalue weighted by Gasteiger charge is 2.60. The van der Waals surface area contributed by atoms with E-state index in [0.29, 0.717) is 12.2 Å². The average Bonchev–Trinajstić information content (AvgIpc) is 3.18. The molecule has 1 aromatic rings. The minimum absolute atomic E-state index is 0.147. The smallest absolute Gasteiger partial charge is 0.338 e. The van der Waals surface area contributed by atoms with Crippen molar-refractivity contribution in [3.63, 3.8) is 0 Å². The fourth-order valence-corrected chi connectivity index (χ4v) is 3.57. The Morgan fingerprint density at radius 1 is 1.06 bits per heavy atom. The number of ether oxygens (including phenoxy) is 4. The van der Waals surface area contributed by atoms with Gasteiger partial charge in [-0.2, -0.15) is 0 Å². The molecular weight excluding hydrogens is 410 g/mol. The number of methoxy groups -OCH3 is 2. The molecule has 170 valence electrons. The van der Waals surface area contributed by atoms with E-state index < -0.39 is 48.4 Å². The Morgan fingerprint density at radius 3 is 2.42 bits per heavy atom. The molecule has 0 aromatic heterocycles. The van der Waals surface area contributed by atoms with Gasteiger partial charge in [0.25, 0.3) is 0 Å². The van der Waals surface area contributed by atoms with Crippen molar-refractivity contribution in [1.82, 2.24) is 5.23 Å². The Bertz CT molecular complexity index is 771. The van der Waals surface area contributed by atoms with Crippen LogP contribution in [0, 0.1) is 5.92 Å². The van der Waals surface area contributed by atoms with Crippen molar-refractivity contribution in [3.8, 4) is 0 Å². The summed E-state index contributed by atoms with van der Waals surface area (Å²) < 4.78 is 21.1. The maximum Gasteiger partial charge on any atom is 0.338 e. The molecule has 0 spiro atoms. The summed E-state index contributed by atoms with van der Waals surface area (Å²) in [5.74, 6) is -3.19. The molecule has 5 atom stereocenters. The van der Waals surface area contributed by atoms with Crippen molar-refractivity contribution in [1.29, 1.82) is 0 Å². The third-order valence-electron chi connectivity index (χ3n) is 5.16. The molecule has 0 aliphatic carbocycles. The summed E-state index contributed by atoms with van der Waals surface area (Å²) in [4.78, 5) is 48.8. The summed E-state index contributed by atoms with van der Waals surface area (Å²) in [5.41, 5.74) is 0.349. The molecule has 0 unspecified atom stereocenters. The van der Waals surface area contributed by atoms with E-state index in [1.807, 2.05) is 6.92 Å². The van der Waals surface area contributed by atoms with Gasteiger partial charge in [0.2, 0.25) is 0 Å². The molecule has 0 N–H and O–H groups in total. The van der Waals surface area contributed by atoms with Crippen LogP contribution in [-0.2, 0) is 38.2 Å². The topological polar surface area (TPSA) is 110 Å². The first-order valence-corrected chi connectivity index (χ1v) is 10.2. The van der Waals surface area contributed by atoms with Gasteiger partial charge in [-0.15, -0.1) is 0 Å². The number of carbonyl (C=O) groups is 3. The van der Waals surface area contributed by atoms with Gasteiger partial charge in [-0.1, -0.05) is 36.8 Å². The number of fused-ring (bicyclic) bond motifs is 1. The molecule has 0 bridgehead atoms. The molecule has 2 aliphatic heterocycles. The fourth-order valence-electron chi connectivity index (χ4n) is 3.57. The maximum absolute atomic E-state index is 12.7. The van der Waals surface area contributed by atoms with Gasteiger partial charge in [0.1, 0.15) is 18.1 Å². The molecule has 3 rings (SSSR count). The number of hydrogen-bond acceptors (Lipinski definition) is 10. The molecule has 2 fully saturated rings. The molecule has 2 heterocycles. The van der Waals surface area contributed by atoms with Gasteiger partial charge in [0, 0.05) is 13.0 Å². The molecule has 0 radical (unpaired) electrons. The van der Waals surface area contributed by atoms with Crippen molar-refractivity contribution in [2.75, 3.05) is 20.8 Å². The Morgan fingerprint density at radius 2 is 1.77 bits per heavy atom. The Balaban J connectivity index is 1.86. The van der Waals surface area contributed by atoms with Crippen LogP contribution in [0.25, 0.3) is 0 Å². The van der Waals surface area contributed by atoms with Gasteiger partial charge in [-0.25, -0.2) is 14.4 Å². The number of nitrogens with zero attached hydrogens (tertiary/aromatic N) is 1. The summed E-state index contributed by atoms with van der Waals surface area (Å²) in [5, 5.41) is 1.01. The molecule has 2 aliphatic rings. The van der Waals surface area contributed by atoms with Crippen LogP contribution in [-0.4, -0.2) is 68.5 Å². The second kappa shape index (κ2) is 10.7. The highest BCUT2D eigenvalue weighted by Crippen LogP contribution is 2.39. The van der Waals surface area contributed by atoms with Crippen molar-refractivity contribution < 1.29 is 43.0 Å². The summed E-state index contributed by atoms with van der Waals surface area (Å²) in [6.45, 7) is 2.46. The van der Waals surface area contributed by atoms with Crippen molar-refractivity contribution in [2.24, 2.45) is 5.92 Å². The van der Waals surface area contributed by atoms with E-state index in [1.54, 1.807) is 30.3 Å². The standard InChI is InChI=1S/C21H27NO9/c1-4-5-11-28-15-12-14(29-19(23)13-9-7-6-8-10-13)17-16(20(24)26-2)18(21(25)27-3)31-22(17)30-15/h6-10,14-18H,4-5,11-12H2,1-3H3/t14-,15-,16+,17-,18+/m1/s1. The van der Waals surface area contributed by atoms with Crippen molar-refractivity contribution in [3.05, 3.63) is 35.9 Å². The monoisotopic (exact) mass is 437 g/mol. The van der Waals surface area contributed by atoms with Crippen LogP contribution >= 0.6 is 0 Å². The molecule has 10 heteroatoms. The summed E-state index contributed by atoms with van der Waals surface area (Å²) in [7, 11) is 2.38. The van der Waals surface area contributed by atoms with E-state index in [1.165, 1.54) is 14.2 Å². The van der Waals surface area contributed by atoms with Gasteiger partial charge in [0.05, 0.1) is 19.8 Å². The maximum atomic E-state index is 12.7. The summed E-state index contributed by atoms with van der Waals surface area (Å²) in [6.07, 6.45) is -1.08. The predicted molar refractivity (Wildman–Crippen MR) is 104 cm³/mol. The van der Waals surface area contributed by atoms with E-state index in [2.05, 4.69) is 0 Å². The molecular formula is C21H27NO9. The Hall–Kier alpha value is -2.53. The van der Waals surface area contributed by atoms with Crippen LogP contribution in [0.1, 0.15) is 36.5 Å². The molecule has 2 saturated heterocycles. The third-order valence-corrected chi connectivity index (χ3v) is 5.16. The number of rotatable bonds is 8. The normalized spacial score (nSPS) is 27.9.